The van der Waals surface area contributed by atoms with Crippen molar-refractivity contribution in [2.75, 3.05) is 11.6 Å². The largest absolute Gasteiger partial charge is 0.478 e. The van der Waals surface area contributed by atoms with Crippen molar-refractivity contribution in [1.29, 1.82) is 5.26 Å². The zero-order valence-corrected chi connectivity index (χ0v) is 16.1. The number of nitriles is 1. The Morgan fingerprint density at radius 1 is 1.31 bits per heavy atom. The van der Waals surface area contributed by atoms with Crippen molar-refractivity contribution >= 4 is 50.9 Å². The second-order valence-corrected chi connectivity index (χ2v) is 6.82. The van der Waals surface area contributed by atoms with Crippen LogP contribution in [-0.2, 0) is 4.79 Å². The lowest BCUT2D eigenvalue weighted by Crippen LogP contribution is -2.21. The minimum absolute atomic E-state index is 0.0737. The molecule has 0 unspecified atom stereocenters. The molecule has 1 aliphatic rings. The lowest BCUT2D eigenvalue weighted by Gasteiger charge is -2.12. The number of nitrogens with zero attached hydrogens (tertiary/aromatic N) is 3. The molecule has 0 radical (unpaired) electrons. The van der Waals surface area contributed by atoms with Crippen molar-refractivity contribution < 1.29 is 9.53 Å². The molecule has 5 nitrogen and oxygen atoms in total. The molecule has 7 heteroatoms. The summed E-state index contributed by atoms with van der Waals surface area (Å²) in [4.78, 5) is 12.8. The molecular formula is C19H13BrClN3O2. The fourth-order valence-electron chi connectivity index (χ4n) is 2.47. The van der Waals surface area contributed by atoms with Crippen LogP contribution in [0.3, 0.4) is 0 Å². The SMILES string of the molecule is CC1=NN(c2ccc(Cl)cc2)C(=O)/C1=C\c1cc(Br)ccc1OCC#N. The number of hydrogen-bond acceptors (Lipinski definition) is 4. The summed E-state index contributed by atoms with van der Waals surface area (Å²) in [6.45, 7) is 1.70. The van der Waals surface area contributed by atoms with E-state index in [1.54, 1.807) is 43.3 Å². The lowest BCUT2D eigenvalue weighted by atomic mass is 10.1. The van der Waals surface area contributed by atoms with Gasteiger partial charge in [0.1, 0.15) is 11.8 Å². The monoisotopic (exact) mass is 429 g/mol. The van der Waals surface area contributed by atoms with Crippen molar-refractivity contribution in [3.8, 4) is 11.8 Å². The highest BCUT2D eigenvalue weighted by atomic mass is 79.9. The molecule has 0 spiro atoms. The number of anilines is 1. The van der Waals surface area contributed by atoms with Crippen molar-refractivity contribution in [2.24, 2.45) is 5.10 Å². The number of hydrazone groups is 1. The van der Waals surface area contributed by atoms with Crippen LogP contribution in [0, 0.1) is 11.3 Å². The van der Waals surface area contributed by atoms with Gasteiger partial charge in [0.15, 0.2) is 6.61 Å². The van der Waals surface area contributed by atoms with Crippen LogP contribution in [0.2, 0.25) is 5.02 Å². The van der Waals surface area contributed by atoms with Crippen LogP contribution < -0.4 is 9.75 Å². The van der Waals surface area contributed by atoms with Gasteiger partial charge >= 0.3 is 0 Å². The zero-order valence-electron chi connectivity index (χ0n) is 13.7. The first-order valence-electron chi connectivity index (χ1n) is 7.66. The highest BCUT2D eigenvalue weighted by Gasteiger charge is 2.29. The molecule has 26 heavy (non-hydrogen) atoms. The van der Waals surface area contributed by atoms with Crippen molar-refractivity contribution in [3.63, 3.8) is 0 Å². The maximum absolute atomic E-state index is 12.8. The normalized spacial score (nSPS) is 15.2. The highest BCUT2D eigenvalue weighted by Crippen LogP contribution is 2.30. The van der Waals surface area contributed by atoms with Gasteiger partial charge in [0.25, 0.3) is 5.91 Å². The van der Waals surface area contributed by atoms with E-state index in [0.29, 0.717) is 33.3 Å². The Kier molecular flexibility index (Phi) is 5.40. The van der Waals surface area contributed by atoms with Gasteiger partial charge in [-0.05, 0) is 55.5 Å². The Morgan fingerprint density at radius 2 is 2.04 bits per heavy atom. The molecule has 0 bridgehead atoms. The standard InChI is InChI=1S/C19H13BrClN3O2/c1-12-17(11-13-10-14(20)2-7-18(13)26-9-8-22)19(25)24(23-12)16-5-3-15(21)4-6-16/h2-7,10-11H,9H2,1H3/b17-11-. The summed E-state index contributed by atoms with van der Waals surface area (Å²) in [6.07, 6.45) is 1.72. The average Bonchev–Trinajstić information content (AvgIpc) is 2.90. The van der Waals surface area contributed by atoms with E-state index in [1.165, 1.54) is 5.01 Å². The summed E-state index contributed by atoms with van der Waals surface area (Å²) in [5, 5.41) is 15.0. The number of rotatable bonds is 4. The van der Waals surface area contributed by atoms with Crippen LogP contribution in [0.1, 0.15) is 12.5 Å². The Morgan fingerprint density at radius 3 is 2.73 bits per heavy atom. The van der Waals surface area contributed by atoms with Gasteiger partial charge < -0.3 is 4.74 Å². The number of carbonyl (C=O) groups is 1. The molecule has 0 saturated heterocycles. The summed E-state index contributed by atoms with van der Waals surface area (Å²) in [6, 6.07) is 14.2. The van der Waals surface area contributed by atoms with Crippen LogP contribution in [0.15, 0.2) is 57.6 Å². The summed E-state index contributed by atoms with van der Waals surface area (Å²) in [7, 11) is 0. The molecule has 3 rings (SSSR count). The minimum Gasteiger partial charge on any atom is -0.478 e. The van der Waals surface area contributed by atoms with E-state index in [1.807, 2.05) is 18.2 Å². The van der Waals surface area contributed by atoms with E-state index in [2.05, 4.69) is 21.0 Å². The molecule has 2 aromatic rings. The van der Waals surface area contributed by atoms with Gasteiger partial charge in [-0.3, -0.25) is 4.79 Å². The Bertz CT molecular complexity index is 962. The predicted molar refractivity (Wildman–Crippen MR) is 105 cm³/mol. The topological polar surface area (TPSA) is 65.7 Å². The number of hydrogen-bond donors (Lipinski definition) is 0. The molecule has 0 fully saturated rings. The molecule has 0 saturated carbocycles. The van der Waals surface area contributed by atoms with Gasteiger partial charge in [0.2, 0.25) is 0 Å². The van der Waals surface area contributed by atoms with E-state index >= 15 is 0 Å². The van der Waals surface area contributed by atoms with Gasteiger partial charge in [-0.25, -0.2) is 0 Å². The lowest BCUT2D eigenvalue weighted by molar-refractivity contribution is -0.114. The Labute approximate surface area is 164 Å². The van der Waals surface area contributed by atoms with Gasteiger partial charge in [-0.1, -0.05) is 27.5 Å². The fraction of sp³-hybridized carbons (Fsp3) is 0.105. The average molecular weight is 431 g/mol. The smallest absolute Gasteiger partial charge is 0.280 e. The van der Waals surface area contributed by atoms with Crippen molar-refractivity contribution in [1.82, 2.24) is 0 Å². The van der Waals surface area contributed by atoms with Crippen LogP contribution in [0.5, 0.6) is 5.75 Å². The third kappa shape index (κ3) is 3.79. The number of amides is 1. The number of halogens is 2. The van der Waals surface area contributed by atoms with Gasteiger partial charge in [0.05, 0.1) is 17.0 Å². The first-order valence-corrected chi connectivity index (χ1v) is 8.83. The molecule has 0 atom stereocenters. The molecule has 1 heterocycles. The molecule has 1 aliphatic heterocycles. The van der Waals surface area contributed by atoms with Gasteiger partial charge in [-0.15, -0.1) is 0 Å². The second-order valence-electron chi connectivity index (χ2n) is 5.47. The minimum atomic E-state index is -0.240. The molecule has 1 amide bonds. The molecule has 2 aromatic carbocycles. The van der Waals surface area contributed by atoms with Gasteiger partial charge in [-0.2, -0.15) is 15.4 Å². The van der Waals surface area contributed by atoms with Crippen LogP contribution in [-0.4, -0.2) is 18.2 Å². The third-order valence-corrected chi connectivity index (χ3v) is 4.44. The summed E-state index contributed by atoms with van der Waals surface area (Å²) in [5.74, 6) is 0.281. The maximum atomic E-state index is 12.8. The molecule has 130 valence electrons. The molecule has 0 N–H and O–H groups in total. The molecule has 0 aliphatic carbocycles. The third-order valence-electron chi connectivity index (χ3n) is 3.70. The van der Waals surface area contributed by atoms with E-state index in [0.717, 1.165) is 4.47 Å². The predicted octanol–water partition coefficient (Wildman–Crippen LogP) is 4.81. The maximum Gasteiger partial charge on any atom is 0.280 e. The Hall–Kier alpha value is -2.62. The first-order chi connectivity index (χ1) is 12.5. The quantitative estimate of drug-likeness (QED) is 0.654. The van der Waals surface area contributed by atoms with Crippen LogP contribution >= 0.6 is 27.5 Å². The number of ether oxygens (including phenoxy) is 1. The summed E-state index contributed by atoms with van der Waals surface area (Å²) >= 11 is 9.31. The summed E-state index contributed by atoms with van der Waals surface area (Å²) < 4.78 is 6.28. The zero-order chi connectivity index (χ0) is 18.7. The highest BCUT2D eigenvalue weighted by molar-refractivity contribution is 9.10. The van der Waals surface area contributed by atoms with E-state index in [4.69, 9.17) is 21.6 Å². The number of carbonyl (C=O) groups excluding carboxylic acids is 1. The Balaban J connectivity index is 1.96. The van der Waals surface area contributed by atoms with Gasteiger partial charge in [0, 0.05) is 15.1 Å². The molecular weight excluding hydrogens is 418 g/mol. The van der Waals surface area contributed by atoms with Crippen LogP contribution in [0.4, 0.5) is 5.69 Å². The van der Waals surface area contributed by atoms with E-state index in [-0.39, 0.29) is 12.5 Å². The van der Waals surface area contributed by atoms with Crippen molar-refractivity contribution in [3.05, 3.63) is 63.1 Å². The molecule has 0 aromatic heterocycles. The second kappa shape index (κ2) is 7.73. The van der Waals surface area contributed by atoms with Crippen molar-refractivity contribution in [2.45, 2.75) is 6.92 Å². The van der Waals surface area contributed by atoms with E-state index in [9.17, 15) is 4.79 Å². The number of benzene rings is 2. The first kappa shape index (κ1) is 18.2. The van der Waals surface area contributed by atoms with Crippen LogP contribution in [0.25, 0.3) is 6.08 Å². The van der Waals surface area contributed by atoms with E-state index < -0.39 is 0 Å². The summed E-state index contributed by atoms with van der Waals surface area (Å²) in [5.41, 5.74) is 2.37. The fourth-order valence-corrected chi connectivity index (χ4v) is 2.98.